The maximum Gasteiger partial charge on any atom is 0.398 e. The van der Waals surface area contributed by atoms with Gasteiger partial charge < -0.3 is 11.0 Å². The molecular formula is C19H26N2O6S. The minimum absolute atomic E-state index is 0. The highest BCUT2D eigenvalue weighted by Crippen LogP contribution is 2.43. The van der Waals surface area contributed by atoms with Crippen LogP contribution in [0.5, 0.6) is 0 Å². The van der Waals surface area contributed by atoms with Crippen molar-refractivity contribution in [3.05, 3.63) is 54.7 Å². The Kier molecular flexibility index (Phi) is 6.92. The molecule has 1 aromatic heterocycles. The van der Waals surface area contributed by atoms with Gasteiger partial charge in [-0.1, -0.05) is 24.3 Å². The third kappa shape index (κ3) is 4.24. The van der Waals surface area contributed by atoms with Crippen LogP contribution in [0.2, 0.25) is 0 Å². The molecule has 2 bridgehead atoms. The van der Waals surface area contributed by atoms with Gasteiger partial charge in [-0.2, -0.15) is 8.42 Å². The fraction of sp³-hybridized carbons (Fsp3) is 0.421. The number of para-hydroxylation sites is 1. The van der Waals surface area contributed by atoms with Crippen LogP contribution in [-0.2, 0) is 14.6 Å². The maximum absolute atomic E-state index is 11.6. The average molecular weight is 410 g/mol. The molecule has 5 rings (SSSR count). The second-order valence-corrected chi connectivity index (χ2v) is 8.16. The number of hydrogen-bond acceptors (Lipinski definition) is 5. The number of hydrogen-bond donors (Lipinski definition) is 1. The average Bonchev–Trinajstić information content (AvgIpc) is 2.65. The van der Waals surface area contributed by atoms with Gasteiger partial charge in [-0.3, -0.25) is 14.4 Å². The molecule has 3 aliphatic rings. The van der Waals surface area contributed by atoms with Gasteiger partial charge in [0.1, 0.15) is 6.10 Å². The highest BCUT2D eigenvalue weighted by atomic mass is 32.3. The number of fused-ring (bicyclic) bond motifs is 4. The number of pyridine rings is 1. The molecule has 154 valence electrons. The van der Waals surface area contributed by atoms with Gasteiger partial charge in [0.05, 0.1) is 5.52 Å². The summed E-state index contributed by atoms with van der Waals surface area (Å²) in [5, 5.41) is 0.839. The van der Waals surface area contributed by atoms with Crippen molar-refractivity contribution in [2.24, 2.45) is 11.8 Å². The smallest absolute Gasteiger partial charge is 0.398 e. The summed E-state index contributed by atoms with van der Waals surface area (Å²) in [6.07, 6.45) is 4.76. The SMILES string of the molecule is C=C[C@H]1CN2CC[C@H]1C[C@H]2[C@H](OS(=O)(=O)O)c1ccnc2ccccc12.O.O. The van der Waals surface area contributed by atoms with Crippen molar-refractivity contribution < 1.29 is 28.1 Å². The van der Waals surface area contributed by atoms with Gasteiger partial charge in [0, 0.05) is 24.2 Å². The normalized spacial score (nSPS) is 27.5. The number of aromatic nitrogens is 1. The summed E-state index contributed by atoms with van der Waals surface area (Å²) >= 11 is 0. The molecule has 3 fully saturated rings. The van der Waals surface area contributed by atoms with Crippen molar-refractivity contribution in [1.29, 1.82) is 0 Å². The number of piperidine rings is 3. The van der Waals surface area contributed by atoms with E-state index in [0.717, 1.165) is 42.4 Å². The molecule has 0 amide bonds. The summed E-state index contributed by atoms with van der Waals surface area (Å²) in [6.45, 7) is 5.67. The number of benzene rings is 1. The van der Waals surface area contributed by atoms with Crippen LogP contribution in [0.3, 0.4) is 0 Å². The second-order valence-electron chi connectivity index (χ2n) is 7.11. The number of nitrogens with zero attached hydrogens (tertiary/aromatic N) is 2. The van der Waals surface area contributed by atoms with Crippen LogP contribution >= 0.6 is 0 Å². The zero-order chi connectivity index (χ0) is 18.3. The minimum atomic E-state index is -4.59. The molecule has 2 aromatic rings. The summed E-state index contributed by atoms with van der Waals surface area (Å²) in [6, 6.07) is 9.23. The first-order valence-electron chi connectivity index (χ1n) is 8.82. The standard InChI is InChI=1S/C19H22N2O4S.2H2O/c1-2-13-12-21-10-8-14(13)11-18(21)19(25-26(22,23)24)16-7-9-20-17-6-4-3-5-15(16)17;;/h2-7,9,13-14,18-19H,1,8,10-12H2,(H,22,23,24);2*1H2/t13-,14-,18-,19+;;/m0../s1. The molecule has 3 aliphatic heterocycles. The minimum Gasteiger partial charge on any atom is -0.412 e. The Balaban J connectivity index is 0.00000140. The van der Waals surface area contributed by atoms with E-state index in [1.165, 1.54) is 0 Å². The molecular weight excluding hydrogens is 384 g/mol. The van der Waals surface area contributed by atoms with E-state index in [4.69, 9.17) is 4.18 Å². The lowest BCUT2D eigenvalue weighted by atomic mass is 9.73. The Labute approximate surface area is 164 Å². The van der Waals surface area contributed by atoms with E-state index in [9.17, 15) is 13.0 Å². The van der Waals surface area contributed by atoms with Crippen LogP contribution in [-0.4, -0.2) is 52.9 Å². The van der Waals surface area contributed by atoms with Crippen molar-refractivity contribution in [2.45, 2.75) is 25.0 Å². The zero-order valence-corrected chi connectivity index (χ0v) is 16.2. The van der Waals surface area contributed by atoms with Crippen LogP contribution in [0.25, 0.3) is 10.9 Å². The predicted octanol–water partition coefficient (Wildman–Crippen LogP) is 1.34. The Hall–Kier alpha value is -1.88. The van der Waals surface area contributed by atoms with Crippen molar-refractivity contribution in [2.75, 3.05) is 13.1 Å². The fourth-order valence-electron chi connectivity index (χ4n) is 4.51. The molecule has 0 saturated carbocycles. The van der Waals surface area contributed by atoms with Gasteiger partial charge in [0.25, 0.3) is 0 Å². The summed E-state index contributed by atoms with van der Waals surface area (Å²) < 4.78 is 37.9. The zero-order valence-electron chi connectivity index (χ0n) is 15.4. The quantitative estimate of drug-likeness (QED) is 0.582. The third-order valence-corrected chi connectivity index (χ3v) is 6.17. The molecule has 5 N–H and O–H groups in total. The van der Waals surface area contributed by atoms with Gasteiger partial charge in [-0.15, -0.1) is 6.58 Å². The van der Waals surface area contributed by atoms with E-state index in [1.54, 1.807) is 12.3 Å². The van der Waals surface area contributed by atoms with Crippen molar-refractivity contribution in [3.8, 4) is 0 Å². The first-order chi connectivity index (χ1) is 12.5. The number of rotatable bonds is 5. The van der Waals surface area contributed by atoms with E-state index < -0.39 is 16.5 Å². The van der Waals surface area contributed by atoms with Crippen LogP contribution in [0, 0.1) is 11.8 Å². The van der Waals surface area contributed by atoms with E-state index in [-0.39, 0.29) is 17.0 Å². The van der Waals surface area contributed by atoms with E-state index in [2.05, 4.69) is 16.5 Å². The molecule has 1 unspecified atom stereocenters. The van der Waals surface area contributed by atoms with Gasteiger partial charge >= 0.3 is 10.4 Å². The van der Waals surface area contributed by atoms with E-state index in [0.29, 0.717) is 11.8 Å². The van der Waals surface area contributed by atoms with Crippen LogP contribution in [0.15, 0.2) is 49.2 Å². The highest BCUT2D eigenvalue weighted by Gasteiger charge is 2.44. The summed E-state index contributed by atoms with van der Waals surface area (Å²) in [7, 11) is -4.59. The van der Waals surface area contributed by atoms with Crippen LogP contribution in [0.1, 0.15) is 24.5 Å². The highest BCUT2D eigenvalue weighted by molar-refractivity contribution is 7.80. The van der Waals surface area contributed by atoms with Gasteiger partial charge in [-0.25, -0.2) is 4.18 Å². The molecule has 8 nitrogen and oxygen atoms in total. The molecule has 9 heteroatoms. The van der Waals surface area contributed by atoms with E-state index >= 15 is 0 Å². The van der Waals surface area contributed by atoms with Crippen molar-refractivity contribution in [1.82, 2.24) is 9.88 Å². The fourth-order valence-corrected chi connectivity index (χ4v) is 5.01. The van der Waals surface area contributed by atoms with Gasteiger partial charge in [-0.05, 0) is 48.9 Å². The maximum atomic E-state index is 11.6. The van der Waals surface area contributed by atoms with Crippen LogP contribution in [0.4, 0.5) is 0 Å². The largest absolute Gasteiger partial charge is 0.412 e. The summed E-state index contributed by atoms with van der Waals surface area (Å²) in [5.74, 6) is 0.878. The van der Waals surface area contributed by atoms with Gasteiger partial charge in [0.2, 0.25) is 0 Å². The predicted molar refractivity (Wildman–Crippen MR) is 106 cm³/mol. The first kappa shape index (κ1) is 22.4. The lowest BCUT2D eigenvalue weighted by molar-refractivity contribution is -0.0365. The molecule has 0 aliphatic carbocycles. The molecule has 0 spiro atoms. The Morgan fingerprint density at radius 3 is 2.68 bits per heavy atom. The molecule has 28 heavy (non-hydrogen) atoms. The first-order valence-corrected chi connectivity index (χ1v) is 10.2. The monoisotopic (exact) mass is 410 g/mol. The van der Waals surface area contributed by atoms with Crippen molar-refractivity contribution >= 4 is 21.3 Å². The molecule has 5 atom stereocenters. The Morgan fingerprint density at radius 2 is 2.04 bits per heavy atom. The molecule has 4 heterocycles. The second kappa shape index (κ2) is 8.64. The van der Waals surface area contributed by atoms with E-state index in [1.807, 2.05) is 30.3 Å². The lowest BCUT2D eigenvalue weighted by Crippen LogP contribution is -2.55. The summed E-state index contributed by atoms with van der Waals surface area (Å²) in [5.41, 5.74) is 1.51. The molecule has 0 radical (unpaired) electrons. The summed E-state index contributed by atoms with van der Waals surface area (Å²) in [4.78, 5) is 6.61. The lowest BCUT2D eigenvalue weighted by Gasteiger charge is -2.51. The molecule has 1 aromatic carbocycles. The topological polar surface area (TPSA) is 143 Å². The third-order valence-electron chi connectivity index (χ3n) is 5.72. The van der Waals surface area contributed by atoms with Gasteiger partial charge in [0.15, 0.2) is 0 Å². The Morgan fingerprint density at radius 1 is 1.29 bits per heavy atom. The molecule has 3 saturated heterocycles. The van der Waals surface area contributed by atoms with Crippen molar-refractivity contribution in [3.63, 3.8) is 0 Å². The van der Waals surface area contributed by atoms with Crippen LogP contribution < -0.4 is 0 Å². The Bertz CT molecular complexity index is 930.